The van der Waals surface area contributed by atoms with Gasteiger partial charge in [0, 0.05) is 31.4 Å². The molecule has 3 heteroatoms. The van der Waals surface area contributed by atoms with Crippen molar-refractivity contribution in [3.63, 3.8) is 0 Å². The molecule has 0 amide bonds. The first-order valence-corrected chi connectivity index (χ1v) is 7.25. The van der Waals surface area contributed by atoms with E-state index < -0.39 is 0 Å². The minimum absolute atomic E-state index is 0.492. The summed E-state index contributed by atoms with van der Waals surface area (Å²) in [5.41, 5.74) is 2.56. The zero-order chi connectivity index (χ0) is 13.7. The van der Waals surface area contributed by atoms with Crippen molar-refractivity contribution >= 4 is 0 Å². The number of rotatable bonds is 7. The predicted molar refractivity (Wildman–Crippen MR) is 77.7 cm³/mol. The third-order valence-electron chi connectivity index (χ3n) is 3.85. The van der Waals surface area contributed by atoms with Gasteiger partial charge in [-0.1, -0.05) is 40.5 Å². The SMILES string of the molecule is CCC(CC)C(C)NCc1cn(C)nc1C(C)C. The Bertz CT molecular complexity index is 351. The molecule has 0 saturated heterocycles. The lowest BCUT2D eigenvalue weighted by Crippen LogP contribution is -2.32. The molecule has 1 atom stereocenters. The van der Waals surface area contributed by atoms with Gasteiger partial charge in [-0.15, -0.1) is 0 Å². The molecule has 3 nitrogen and oxygen atoms in total. The van der Waals surface area contributed by atoms with Crippen LogP contribution in [0, 0.1) is 5.92 Å². The maximum absolute atomic E-state index is 4.55. The molecular weight excluding hydrogens is 222 g/mol. The van der Waals surface area contributed by atoms with E-state index in [1.807, 2.05) is 11.7 Å². The Morgan fingerprint density at radius 1 is 1.22 bits per heavy atom. The smallest absolute Gasteiger partial charge is 0.0694 e. The highest BCUT2D eigenvalue weighted by molar-refractivity contribution is 5.20. The van der Waals surface area contributed by atoms with Gasteiger partial charge in [0.15, 0.2) is 0 Å². The first-order chi connectivity index (χ1) is 8.49. The van der Waals surface area contributed by atoms with Crippen molar-refractivity contribution in [2.75, 3.05) is 0 Å². The summed E-state index contributed by atoms with van der Waals surface area (Å²) in [6.07, 6.45) is 4.63. The van der Waals surface area contributed by atoms with Crippen LogP contribution in [-0.4, -0.2) is 15.8 Å². The van der Waals surface area contributed by atoms with Gasteiger partial charge in [-0.3, -0.25) is 4.68 Å². The normalized spacial score (nSPS) is 13.6. The fraction of sp³-hybridized carbons (Fsp3) is 0.800. The maximum Gasteiger partial charge on any atom is 0.0694 e. The van der Waals surface area contributed by atoms with E-state index in [1.165, 1.54) is 24.1 Å². The minimum atomic E-state index is 0.492. The van der Waals surface area contributed by atoms with Gasteiger partial charge in [0.05, 0.1) is 5.69 Å². The van der Waals surface area contributed by atoms with Gasteiger partial charge in [0.1, 0.15) is 0 Å². The van der Waals surface area contributed by atoms with E-state index in [0.717, 1.165) is 12.5 Å². The zero-order valence-electron chi connectivity index (χ0n) is 12.8. The molecule has 0 bridgehead atoms. The van der Waals surface area contributed by atoms with E-state index in [1.54, 1.807) is 0 Å². The Hall–Kier alpha value is -0.830. The molecule has 0 aromatic carbocycles. The highest BCUT2D eigenvalue weighted by atomic mass is 15.3. The molecule has 0 aliphatic rings. The molecule has 104 valence electrons. The van der Waals surface area contributed by atoms with Gasteiger partial charge in [-0.25, -0.2) is 0 Å². The van der Waals surface area contributed by atoms with Crippen LogP contribution in [0.1, 0.15) is 64.6 Å². The van der Waals surface area contributed by atoms with Crippen LogP contribution in [0.4, 0.5) is 0 Å². The van der Waals surface area contributed by atoms with E-state index >= 15 is 0 Å². The molecule has 0 spiro atoms. The summed E-state index contributed by atoms with van der Waals surface area (Å²) < 4.78 is 1.92. The van der Waals surface area contributed by atoms with Crippen LogP contribution >= 0.6 is 0 Å². The van der Waals surface area contributed by atoms with Crippen LogP contribution in [-0.2, 0) is 13.6 Å². The molecular formula is C15H29N3. The highest BCUT2D eigenvalue weighted by Gasteiger charge is 2.15. The Labute approximate surface area is 112 Å². The second-order valence-corrected chi connectivity index (χ2v) is 5.61. The van der Waals surface area contributed by atoms with Crippen molar-refractivity contribution in [1.29, 1.82) is 0 Å². The molecule has 1 heterocycles. The first kappa shape index (κ1) is 15.2. The van der Waals surface area contributed by atoms with Gasteiger partial charge >= 0.3 is 0 Å². The summed E-state index contributed by atoms with van der Waals surface area (Å²) in [6.45, 7) is 12.2. The molecule has 0 aliphatic carbocycles. The standard InChI is InChI=1S/C15H29N3/c1-7-13(8-2)12(5)16-9-14-10-18(6)17-15(14)11(3)4/h10-13,16H,7-9H2,1-6H3. The van der Waals surface area contributed by atoms with Crippen LogP contribution in [0.15, 0.2) is 6.20 Å². The van der Waals surface area contributed by atoms with Crippen molar-refractivity contribution < 1.29 is 0 Å². The fourth-order valence-electron chi connectivity index (χ4n) is 2.61. The van der Waals surface area contributed by atoms with Gasteiger partial charge in [-0.05, 0) is 18.8 Å². The van der Waals surface area contributed by atoms with E-state index in [0.29, 0.717) is 12.0 Å². The third-order valence-corrected chi connectivity index (χ3v) is 3.85. The average molecular weight is 251 g/mol. The quantitative estimate of drug-likeness (QED) is 0.804. The minimum Gasteiger partial charge on any atom is -0.310 e. The summed E-state index contributed by atoms with van der Waals surface area (Å²) in [6, 6.07) is 0.570. The van der Waals surface area contributed by atoms with Gasteiger partial charge < -0.3 is 5.32 Å². The number of hydrogen-bond acceptors (Lipinski definition) is 2. The summed E-state index contributed by atoms with van der Waals surface area (Å²) >= 11 is 0. The van der Waals surface area contributed by atoms with E-state index in [9.17, 15) is 0 Å². The summed E-state index contributed by atoms with van der Waals surface area (Å²) in [5.74, 6) is 1.26. The molecule has 1 rings (SSSR count). The Morgan fingerprint density at radius 2 is 1.83 bits per heavy atom. The summed E-state index contributed by atoms with van der Waals surface area (Å²) in [5, 5.41) is 8.21. The first-order valence-electron chi connectivity index (χ1n) is 7.25. The van der Waals surface area contributed by atoms with Crippen LogP contribution in [0.5, 0.6) is 0 Å². The number of aryl methyl sites for hydroxylation is 1. The highest BCUT2D eigenvalue weighted by Crippen LogP contribution is 2.18. The topological polar surface area (TPSA) is 29.9 Å². The maximum atomic E-state index is 4.55. The third kappa shape index (κ3) is 3.84. The number of nitrogens with one attached hydrogen (secondary N) is 1. The molecule has 0 aliphatic heterocycles. The predicted octanol–water partition coefficient (Wildman–Crippen LogP) is 3.46. The second-order valence-electron chi connectivity index (χ2n) is 5.61. The second kappa shape index (κ2) is 6.93. The molecule has 0 radical (unpaired) electrons. The molecule has 18 heavy (non-hydrogen) atoms. The van der Waals surface area contributed by atoms with Gasteiger partial charge in [0.25, 0.3) is 0 Å². The summed E-state index contributed by atoms with van der Waals surface area (Å²) in [7, 11) is 2.00. The van der Waals surface area contributed by atoms with Crippen molar-refractivity contribution in [3.05, 3.63) is 17.5 Å². The van der Waals surface area contributed by atoms with Crippen LogP contribution in [0.25, 0.3) is 0 Å². The average Bonchev–Trinajstić information content (AvgIpc) is 2.69. The van der Waals surface area contributed by atoms with Crippen LogP contribution in [0.3, 0.4) is 0 Å². The lowest BCUT2D eigenvalue weighted by atomic mass is 9.95. The van der Waals surface area contributed by atoms with Crippen LogP contribution < -0.4 is 5.32 Å². The fourth-order valence-corrected chi connectivity index (χ4v) is 2.61. The van der Waals surface area contributed by atoms with E-state index in [2.05, 4.69) is 51.2 Å². The Kier molecular flexibility index (Phi) is 5.86. The number of aromatic nitrogens is 2. The Balaban J connectivity index is 2.63. The van der Waals surface area contributed by atoms with Crippen molar-refractivity contribution in [2.45, 2.75) is 66.0 Å². The number of hydrogen-bond donors (Lipinski definition) is 1. The van der Waals surface area contributed by atoms with Gasteiger partial charge in [-0.2, -0.15) is 5.10 Å². The lowest BCUT2D eigenvalue weighted by Gasteiger charge is -2.22. The van der Waals surface area contributed by atoms with Crippen LogP contribution in [0.2, 0.25) is 0 Å². The molecule has 1 aromatic rings. The number of nitrogens with zero attached hydrogens (tertiary/aromatic N) is 2. The Morgan fingerprint density at radius 3 is 2.33 bits per heavy atom. The largest absolute Gasteiger partial charge is 0.310 e. The van der Waals surface area contributed by atoms with Crippen molar-refractivity contribution in [3.8, 4) is 0 Å². The lowest BCUT2D eigenvalue weighted by molar-refractivity contribution is 0.352. The van der Waals surface area contributed by atoms with Crippen molar-refractivity contribution in [2.24, 2.45) is 13.0 Å². The van der Waals surface area contributed by atoms with Gasteiger partial charge in [0.2, 0.25) is 0 Å². The van der Waals surface area contributed by atoms with Crippen molar-refractivity contribution in [1.82, 2.24) is 15.1 Å². The molecule has 1 aromatic heterocycles. The molecule has 0 fully saturated rings. The molecule has 1 N–H and O–H groups in total. The summed E-state index contributed by atoms with van der Waals surface area (Å²) in [4.78, 5) is 0. The van der Waals surface area contributed by atoms with E-state index in [-0.39, 0.29) is 0 Å². The zero-order valence-corrected chi connectivity index (χ0v) is 12.8. The molecule has 0 saturated carbocycles. The monoisotopic (exact) mass is 251 g/mol. The molecule has 1 unspecified atom stereocenters. The van der Waals surface area contributed by atoms with E-state index in [4.69, 9.17) is 0 Å².